The molecule has 0 bridgehead atoms. The molecule has 2 aromatic heterocycles. The average molecular weight is 322 g/mol. The molecule has 0 radical (unpaired) electrons. The van der Waals surface area contributed by atoms with Gasteiger partial charge in [0, 0.05) is 18.4 Å². The molecule has 7 heteroatoms. The van der Waals surface area contributed by atoms with Gasteiger partial charge in [-0.25, -0.2) is 4.98 Å². The van der Waals surface area contributed by atoms with Gasteiger partial charge in [-0.3, -0.25) is 9.48 Å². The maximum Gasteiger partial charge on any atom is 0.239 e. The molecule has 2 heterocycles. The lowest BCUT2D eigenvalue weighted by Crippen LogP contribution is -2.39. The van der Waals surface area contributed by atoms with Crippen molar-refractivity contribution < 1.29 is 4.79 Å². The van der Waals surface area contributed by atoms with Crippen molar-refractivity contribution in [1.82, 2.24) is 20.1 Å². The maximum absolute atomic E-state index is 11.9. The van der Waals surface area contributed by atoms with Gasteiger partial charge in [0.05, 0.1) is 23.8 Å². The van der Waals surface area contributed by atoms with Crippen LogP contribution in [0.25, 0.3) is 0 Å². The standard InChI is InChI=1S/C15H20ClN5O/c1-10-6-19-21(9-10)12(3)11(2)17-8-15(22)20-14-5-4-13(16)7-18-14/h4-7,9,11-12,17H,8H2,1-3H3,(H,18,20,22)/t11-,12-/m0/s1. The second-order valence-electron chi connectivity index (χ2n) is 5.32. The third-order valence-corrected chi connectivity index (χ3v) is 3.67. The number of nitrogens with one attached hydrogen (secondary N) is 2. The number of aryl methyl sites for hydroxylation is 1. The molecule has 0 aliphatic carbocycles. The topological polar surface area (TPSA) is 71.8 Å². The van der Waals surface area contributed by atoms with Crippen LogP contribution >= 0.6 is 11.6 Å². The van der Waals surface area contributed by atoms with Gasteiger partial charge in [-0.1, -0.05) is 11.6 Å². The van der Waals surface area contributed by atoms with Crippen LogP contribution in [0.4, 0.5) is 5.82 Å². The fourth-order valence-electron chi connectivity index (χ4n) is 1.95. The van der Waals surface area contributed by atoms with Crippen molar-refractivity contribution in [2.24, 2.45) is 0 Å². The van der Waals surface area contributed by atoms with Gasteiger partial charge in [0.1, 0.15) is 5.82 Å². The molecule has 0 aliphatic heterocycles. The first-order valence-electron chi connectivity index (χ1n) is 7.11. The molecule has 6 nitrogen and oxygen atoms in total. The zero-order valence-electron chi connectivity index (χ0n) is 12.9. The summed E-state index contributed by atoms with van der Waals surface area (Å²) in [7, 11) is 0. The van der Waals surface area contributed by atoms with Crippen LogP contribution in [0.1, 0.15) is 25.5 Å². The van der Waals surface area contributed by atoms with Crippen LogP contribution in [0.15, 0.2) is 30.7 Å². The Labute approximate surface area is 134 Å². The van der Waals surface area contributed by atoms with Crippen molar-refractivity contribution in [1.29, 1.82) is 0 Å². The summed E-state index contributed by atoms with van der Waals surface area (Å²) in [5, 5.41) is 10.7. The minimum Gasteiger partial charge on any atom is -0.310 e. The van der Waals surface area contributed by atoms with Crippen LogP contribution in [0.3, 0.4) is 0 Å². The van der Waals surface area contributed by atoms with E-state index in [0.29, 0.717) is 10.8 Å². The van der Waals surface area contributed by atoms with E-state index in [4.69, 9.17) is 11.6 Å². The van der Waals surface area contributed by atoms with Crippen LogP contribution in [-0.2, 0) is 4.79 Å². The summed E-state index contributed by atoms with van der Waals surface area (Å²) in [6, 6.07) is 3.60. The van der Waals surface area contributed by atoms with E-state index in [1.54, 1.807) is 12.1 Å². The van der Waals surface area contributed by atoms with Gasteiger partial charge >= 0.3 is 0 Å². The van der Waals surface area contributed by atoms with E-state index in [-0.39, 0.29) is 24.5 Å². The average Bonchev–Trinajstić information content (AvgIpc) is 2.93. The Bertz CT molecular complexity index is 625. The predicted octanol–water partition coefficient (Wildman–Crippen LogP) is 2.42. The second-order valence-corrected chi connectivity index (χ2v) is 5.75. The van der Waals surface area contributed by atoms with E-state index in [1.807, 2.05) is 30.9 Å². The highest BCUT2D eigenvalue weighted by Crippen LogP contribution is 2.11. The minimum absolute atomic E-state index is 0.100. The number of carbonyl (C=O) groups is 1. The van der Waals surface area contributed by atoms with Gasteiger partial charge in [-0.15, -0.1) is 0 Å². The smallest absolute Gasteiger partial charge is 0.239 e. The highest BCUT2D eigenvalue weighted by Gasteiger charge is 2.15. The third kappa shape index (κ3) is 4.54. The molecule has 2 atom stereocenters. The first kappa shape index (κ1) is 16.5. The van der Waals surface area contributed by atoms with E-state index in [1.165, 1.54) is 6.20 Å². The molecule has 1 amide bonds. The van der Waals surface area contributed by atoms with Crippen LogP contribution in [0.5, 0.6) is 0 Å². The molecule has 0 aliphatic rings. The number of halogens is 1. The number of carbonyl (C=O) groups excluding carboxylic acids is 1. The van der Waals surface area contributed by atoms with Gasteiger partial charge < -0.3 is 10.6 Å². The molecule has 0 spiro atoms. The van der Waals surface area contributed by atoms with Gasteiger partial charge in [-0.2, -0.15) is 5.10 Å². The summed E-state index contributed by atoms with van der Waals surface area (Å²) >= 11 is 5.75. The molecule has 0 saturated carbocycles. The second kappa shape index (κ2) is 7.38. The first-order chi connectivity index (χ1) is 10.5. The number of nitrogens with zero attached hydrogens (tertiary/aromatic N) is 3. The zero-order chi connectivity index (χ0) is 16.1. The molecule has 0 saturated heterocycles. The Morgan fingerprint density at radius 3 is 2.73 bits per heavy atom. The largest absolute Gasteiger partial charge is 0.310 e. The molecule has 2 N–H and O–H groups in total. The zero-order valence-corrected chi connectivity index (χ0v) is 13.6. The lowest BCUT2D eigenvalue weighted by molar-refractivity contribution is -0.115. The van der Waals surface area contributed by atoms with Crippen LogP contribution in [0.2, 0.25) is 5.02 Å². The summed E-state index contributed by atoms with van der Waals surface area (Å²) < 4.78 is 1.89. The maximum atomic E-state index is 11.9. The Kier molecular flexibility index (Phi) is 5.51. The molecule has 0 fully saturated rings. The number of aromatic nitrogens is 3. The van der Waals surface area contributed by atoms with Crippen molar-refractivity contribution >= 4 is 23.3 Å². The van der Waals surface area contributed by atoms with E-state index in [2.05, 4.69) is 27.6 Å². The van der Waals surface area contributed by atoms with Crippen molar-refractivity contribution in [3.05, 3.63) is 41.3 Å². The monoisotopic (exact) mass is 321 g/mol. The SMILES string of the molecule is Cc1cnn([C@@H](C)[C@H](C)NCC(=O)Nc2ccc(Cl)cn2)c1. The predicted molar refractivity (Wildman–Crippen MR) is 87.0 cm³/mol. The normalized spacial score (nSPS) is 13.6. The number of hydrogen-bond acceptors (Lipinski definition) is 4. The molecule has 2 rings (SSSR count). The quantitative estimate of drug-likeness (QED) is 0.857. The molecular formula is C15H20ClN5O. The van der Waals surface area contributed by atoms with E-state index >= 15 is 0 Å². The van der Waals surface area contributed by atoms with Crippen LogP contribution < -0.4 is 10.6 Å². The van der Waals surface area contributed by atoms with Gasteiger partial charge in [-0.05, 0) is 38.5 Å². The van der Waals surface area contributed by atoms with E-state index in [0.717, 1.165) is 5.56 Å². The van der Waals surface area contributed by atoms with Gasteiger partial charge in [0.2, 0.25) is 5.91 Å². The third-order valence-electron chi connectivity index (χ3n) is 3.45. The lowest BCUT2D eigenvalue weighted by Gasteiger charge is -2.21. The van der Waals surface area contributed by atoms with Crippen molar-refractivity contribution in [2.75, 3.05) is 11.9 Å². The van der Waals surface area contributed by atoms with Crippen molar-refractivity contribution in [3.8, 4) is 0 Å². The summed E-state index contributed by atoms with van der Waals surface area (Å²) in [4.78, 5) is 15.9. The van der Waals surface area contributed by atoms with Crippen molar-refractivity contribution in [3.63, 3.8) is 0 Å². The number of amides is 1. The molecule has 118 valence electrons. The molecule has 0 unspecified atom stereocenters. The number of pyridine rings is 1. The summed E-state index contributed by atoms with van der Waals surface area (Å²) in [6.07, 6.45) is 5.30. The number of hydrogen-bond donors (Lipinski definition) is 2. The minimum atomic E-state index is -0.148. The van der Waals surface area contributed by atoms with Gasteiger partial charge in [0.25, 0.3) is 0 Å². The molecule has 2 aromatic rings. The number of anilines is 1. The summed E-state index contributed by atoms with van der Waals surface area (Å²) in [6.45, 7) is 6.29. The highest BCUT2D eigenvalue weighted by atomic mass is 35.5. The lowest BCUT2D eigenvalue weighted by atomic mass is 10.2. The fraction of sp³-hybridized carbons (Fsp3) is 0.400. The van der Waals surface area contributed by atoms with Gasteiger partial charge in [0.15, 0.2) is 0 Å². The van der Waals surface area contributed by atoms with E-state index < -0.39 is 0 Å². The van der Waals surface area contributed by atoms with Crippen LogP contribution in [-0.4, -0.2) is 33.3 Å². The summed E-state index contributed by atoms with van der Waals surface area (Å²) in [5.74, 6) is 0.338. The highest BCUT2D eigenvalue weighted by molar-refractivity contribution is 6.30. The van der Waals surface area contributed by atoms with Crippen LogP contribution in [0, 0.1) is 6.92 Å². The molecule has 22 heavy (non-hydrogen) atoms. The number of rotatable bonds is 6. The first-order valence-corrected chi connectivity index (χ1v) is 7.49. The molecule has 0 aromatic carbocycles. The Balaban J connectivity index is 1.81. The Morgan fingerprint density at radius 1 is 1.36 bits per heavy atom. The Morgan fingerprint density at radius 2 is 2.14 bits per heavy atom. The molecular weight excluding hydrogens is 302 g/mol. The fourth-order valence-corrected chi connectivity index (χ4v) is 2.06. The Hall–Kier alpha value is -1.92. The summed E-state index contributed by atoms with van der Waals surface area (Å²) in [5.41, 5.74) is 1.12. The van der Waals surface area contributed by atoms with Crippen molar-refractivity contribution in [2.45, 2.75) is 32.9 Å². The van der Waals surface area contributed by atoms with E-state index in [9.17, 15) is 4.79 Å².